The van der Waals surface area contributed by atoms with E-state index in [1.165, 1.54) is 38.5 Å². The van der Waals surface area contributed by atoms with Crippen molar-refractivity contribution in [1.82, 2.24) is 0 Å². The van der Waals surface area contributed by atoms with Gasteiger partial charge in [0, 0.05) is 0 Å². The molecular formula is C25H44O2. The first-order chi connectivity index (χ1) is 12.9. The zero-order valence-electron chi connectivity index (χ0n) is 18.6. The second-order valence-corrected chi connectivity index (χ2v) is 8.41. The van der Waals surface area contributed by atoms with Crippen LogP contribution in [0.5, 0.6) is 0 Å². The highest BCUT2D eigenvalue weighted by atomic mass is 16.5. The Morgan fingerprint density at radius 3 is 2.04 bits per heavy atom. The Labute approximate surface area is 169 Å². The molecule has 0 aliphatic rings. The van der Waals surface area contributed by atoms with Crippen molar-refractivity contribution in [1.29, 1.82) is 0 Å². The van der Waals surface area contributed by atoms with Gasteiger partial charge in [-0.2, -0.15) is 0 Å². The zero-order valence-corrected chi connectivity index (χ0v) is 18.6. The average Bonchev–Trinajstić information content (AvgIpc) is 2.63. The lowest BCUT2D eigenvalue weighted by Gasteiger charge is -2.20. The Kier molecular flexibility index (Phi) is 16.0. The fourth-order valence-corrected chi connectivity index (χ4v) is 2.69. The van der Waals surface area contributed by atoms with Crippen LogP contribution in [0.1, 0.15) is 98.8 Å². The molecule has 0 aliphatic heterocycles. The Bertz CT molecular complexity index is 438. The zero-order chi connectivity index (χ0) is 20.4. The quantitative estimate of drug-likeness (QED) is 0.165. The van der Waals surface area contributed by atoms with Gasteiger partial charge in [0.15, 0.2) is 0 Å². The summed E-state index contributed by atoms with van der Waals surface area (Å²) in [6.07, 6.45) is 25.2. The largest absolute Gasteiger partial charge is 0.465 e. The molecule has 0 saturated carbocycles. The van der Waals surface area contributed by atoms with E-state index in [1.807, 2.05) is 20.8 Å². The molecule has 0 N–H and O–H groups in total. The highest BCUT2D eigenvalue weighted by molar-refractivity contribution is 5.75. The van der Waals surface area contributed by atoms with Gasteiger partial charge in [0.1, 0.15) is 0 Å². The van der Waals surface area contributed by atoms with E-state index in [0.717, 1.165) is 25.7 Å². The number of hydrogen-bond acceptors (Lipinski definition) is 2. The van der Waals surface area contributed by atoms with Gasteiger partial charge in [0.2, 0.25) is 0 Å². The highest BCUT2D eigenvalue weighted by Crippen LogP contribution is 2.19. The standard InChI is InChI=1S/C25H44O2/c1-6-8-9-10-11-12-13-14-15-16-17-18-19-20-21-23(7-2)22-27-24(26)25(3,4)5/h8-9,11-12,14-15,23H,6-7,10,13,16-22H2,1-5H3. The van der Waals surface area contributed by atoms with Crippen LogP contribution in [0.25, 0.3) is 0 Å². The maximum Gasteiger partial charge on any atom is 0.311 e. The molecule has 0 aromatic carbocycles. The Hall–Kier alpha value is -1.31. The minimum absolute atomic E-state index is 0.0833. The summed E-state index contributed by atoms with van der Waals surface area (Å²) in [7, 11) is 0. The molecule has 1 atom stereocenters. The third-order valence-electron chi connectivity index (χ3n) is 4.65. The van der Waals surface area contributed by atoms with Crippen molar-refractivity contribution >= 4 is 5.97 Å². The Morgan fingerprint density at radius 2 is 1.44 bits per heavy atom. The van der Waals surface area contributed by atoms with Crippen LogP contribution >= 0.6 is 0 Å². The van der Waals surface area contributed by atoms with E-state index in [1.54, 1.807) is 0 Å². The van der Waals surface area contributed by atoms with Crippen molar-refractivity contribution in [3.05, 3.63) is 36.5 Å². The molecule has 0 aromatic heterocycles. The van der Waals surface area contributed by atoms with E-state index >= 15 is 0 Å². The van der Waals surface area contributed by atoms with Crippen LogP contribution in [-0.2, 0) is 9.53 Å². The van der Waals surface area contributed by atoms with Gasteiger partial charge >= 0.3 is 5.97 Å². The Balaban J connectivity index is 3.62. The molecule has 1 unspecified atom stereocenters. The van der Waals surface area contributed by atoms with Gasteiger partial charge in [-0.15, -0.1) is 0 Å². The number of carbonyl (C=O) groups excluding carboxylic acids is 1. The molecule has 0 amide bonds. The third-order valence-corrected chi connectivity index (χ3v) is 4.65. The predicted molar refractivity (Wildman–Crippen MR) is 119 cm³/mol. The molecule has 2 heteroatoms. The number of allylic oxidation sites excluding steroid dienone is 6. The summed E-state index contributed by atoms with van der Waals surface area (Å²) in [5.74, 6) is 0.426. The van der Waals surface area contributed by atoms with Gasteiger partial charge in [-0.05, 0) is 65.2 Å². The molecule has 0 aromatic rings. The van der Waals surface area contributed by atoms with Gasteiger partial charge < -0.3 is 4.74 Å². The van der Waals surface area contributed by atoms with E-state index in [0.29, 0.717) is 12.5 Å². The lowest BCUT2D eigenvalue weighted by atomic mass is 9.96. The van der Waals surface area contributed by atoms with Crippen LogP contribution < -0.4 is 0 Å². The fourth-order valence-electron chi connectivity index (χ4n) is 2.69. The van der Waals surface area contributed by atoms with Crippen molar-refractivity contribution in [2.75, 3.05) is 6.61 Å². The summed E-state index contributed by atoms with van der Waals surface area (Å²) >= 11 is 0. The number of esters is 1. The molecule has 0 spiro atoms. The van der Waals surface area contributed by atoms with Crippen LogP contribution in [0, 0.1) is 11.3 Å². The smallest absolute Gasteiger partial charge is 0.311 e. The van der Waals surface area contributed by atoms with Gasteiger partial charge in [-0.1, -0.05) is 76.0 Å². The van der Waals surface area contributed by atoms with Gasteiger partial charge in [0.25, 0.3) is 0 Å². The lowest BCUT2D eigenvalue weighted by molar-refractivity contribution is -0.154. The first-order valence-electron chi connectivity index (χ1n) is 11.0. The summed E-state index contributed by atoms with van der Waals surface area (Å²) in [6.45, 7) is 10.7. The SMILES string of the molecule is CCC=CCC=CCC=CCCCCCCC(CC)COC(=O)C(C)(C)C. The molecule has 0 saturated heterocycles. The maximum absolute atomic E-state index is 11.9. The van der Waals surface area contributed by atoms with Gasteiger partial charge in [0.05, 0.1) is 12.0 Å². The summed E-state index contributed by atoms with van der Waals surface area (Å²) in [4.78, 5) is 11.9. The first-order valence-corrected chi connectivity index (χ1v) is 11.0. The second-order valence-electron chi connectivity index (χ2n) is 8.41. The predicted octanol–water partition coefficient (Wildman–Crippen LogP) is 7.80. The first kappa shape index (κ1) is 25.7. The average molecular weight is 377 g/mol. The van der Waals surface area contributed by atoms with Crippen LogP contribution in [0.15, 0.2) is 36.5 Å². The van der Waals surface area contributed by atoms with Crippen molar-refractivity contribution < 1.29 is 9.53 Å². The molecule has 2 nitrogen and oxygen atoms in total. The molecule has 0 rings (SSSR count). The second kappa shape index (κ2) is 16.8. The van der Waals surface area contributed by atoms with Crippen molar-refractivity contribution in [3.8, 4) is 0 Å². The molecular weight excluding hydrogens is 332 g/mol. The van der Waals surface area contributed by atoms with E-state index in [-0.39, 0.29) is 5.97 Å². The van der Waals surface area contributed by atoms with Crippen LogP contribution in [0.3, 0.4) is 0 Å². The summed E-state index contributed by atoms with van der Waals surface area (Å²) in [5, 5.41) is 0. The Morgan fingerprint density at radius 1 is 0.852 bits per heavy atom. The van der Waals surface area contributed by atoms with Crippen molar-refractivity contribution in [2.45, 2.75) is 98.8 Å². The van der Waals surface area contributed by atoms with E-state index < -0.39 is 5.41 Å². The minimum Gasteiger partial charge on any atom is -0.465 e. The van der Waals surface area contributed by atoms with E-state index in [9.17, 15) is 4.79 Å². The van der Waals surface area contributed by atoms with Crippen molar-refractivity contribution in [2.24, 2.45) is 11.3 Å². The number of unbranched alkanes of at least 4 members (excludes halogenated alkanes) is 4. The molecule has 156 valence electrons. The summed E-state index contributed by atoms with van der Waals surface area (Å²) in [6, 6.07) is 0. The number of hydrogen-bond donors (Lipinski definition) is 0. The normalized spacial score (nSPS) is 13.8. The minimum atomic E-state index is -0.395. The number of rotatable bonds is 15. The molecule has 27 heavy (non-hydrogen) atoms. The molecule has 0 heterocycles. The number of ether oxygens (including phenoxy) is 1. The van der Waals surface area contributed by atoms with Crippen LogP contribution in [-0.4, -0.2) is 12.6 Å². The van der Waals surface area contributed by atoms with Crippen LogP contribution in [0.4, 0.5) is 0 Å². The number of carbonyl (C=O) groups is 1. The van der Waals surface area contributed by atoms with Gasteiger partial charge in [-0.3, -0.25) is 4.79 Å². The lowest BCUT2D eigenvalue weighted by Crippen LogP contribution is -2.25. The molecule has 0 aliphatic carbocycles. The monoisotopic (exact) mass is 376 g/mol. The fraction of sp³-hybridized carbons (Fsp3) is 0.720. The molecule has 0 bridgehead atoms. The van der Waals surface area contributed by atoms with Crippen molar-refractivity contribution in [3.63, 3.8) is 0 Å². The van der Waals surface area contributed by atoms with Crippen LogP contribution in [0.2, 0.25) is 0 Å². The highest BCUT2D eigenvalue weighted by Gasteiger charge is 2.23. The topological polar surface area (TPSA) is 26.3 Å². The van der Waals surface area contributed by atoms with E-state index in [2.05, 4.69) is 50.3 Å². The summed E-state index contributed by atoms with van der Waals surface area (Å²) < 4.78 is 5.47. The van der Waals surface area contributed by atoms with E-state index in [4.69, 9.17) is 4.74 Å². The maximum atomic E-state index is 11.9. The molecule has 0 fully saturated rings. The third kappa shape index (κ3) is 16.6. The summed E-state index contributed by atoms with van der Waals surface area (Å²) in [5.41, 5.74) is -0.395. The van der Waals surface area contributed by atoms with Gasteiger partial charge in [-0.25, -0.2) is 0 Å². The molecule has 0 radical (unpaired) electrons.